The second kappa shape index (κ2) is 7.87. The number of aromatic nitrogens is 3. The largest absolute Gasteiger partial charge is 0.443 e. The molecule has 2 aromatic rings. The van der Waals surface area contributed by atoms with Crippen molar-refractivity contribution in [3.8, 4) is 23.7 Å². The number of nitrogens with zero attached hydrogens (tertiary/aromatic N) is 5. The molecule has 0 aliphatic carbocycles. The van der Waals surface area contributed by atoms with Gasteiger partial charge in [-0.3, -0.25) is 14.5 Å². The standard InChI is InChI=1S/C22H25N5O4/c1-8-14-12-23-20(25(6)13(2)28)24-18(14)17-11-15-16(26(17)7)9-10-27(19(15)29)21(30)31-22(3,4)5/h1,11-12H,9-10H2,2-7H3. The summed E-state index contributed by atoms with van der Waals surface area (Å²) >= 11 is 0. The number of rotatable bonds is 2. The van der Waals surface area contributed by atoms with E-state index < -0.39 is 17.6 Å². The second-order valence-corrected chi connectivity index (χ2v) is 8.29. The Morgan fingerprint density at radius 3 is 2.58 bits per heavy atom. The van der Waals surface area contributed by atoms with E-state index in [1.165, 1.54) is 18.0 Å². The van der Waals surface area contributed by atoms with Crippen LogP contribution in [0.3, 0.4) is 0 Å². The first kappa shape index (κ1) is 22.0. The van der Waals surface area contributed by atoms with E-state index in [0.29, 0.717) is 28.9 Å². The van der Waals surface area contributed by atoms with Crippen LogP contribution in [0.4, 0.5) is 10.7 Å². The van der Waals surface area contributed by atoms with Crippen LogP contribution < -0.4 is 4.90 Å². The summed E-state index contributed by atoms with van der Waals surface area (Å²) in [5.41, 5.74) is 1.89. The van der Waals surface area contributed by atoms with E-state index in [1.54, 1.807) is 40.9 Å². The van der Waals surface area contributed by atoms with Crippen LogP contribution >= 0.6 is 0 Å². The van der Waals surface area contributed by atoms with Crippen LogP contribution in [0.2, 0.25) is 0 Å². The highest BCUT2D eigenvalue weighted by atomic mass is 16.6. The van der Waals surface area contributed by atoms with Crippen LogP contribution in [0.5, 0.6) is 0 Å². The zero-order chi connectivity index (χ0) is 23.1. The van der Waals surface area contributed by atoms with Crippen molar-refractivity contribution in [3.05, 3.63) is 29.1 Å². The van der Waals surface area contributed by atoms with Gasteiger partial charge in [0.2, 0.25) is 11.9 Å². The minimum atomic E-state index is -0.707. The summed E-state index contributed by atoms with van der Waals surface area (Å²) in [6.07, 6.45) is 6.90. The topological polar surface area (TPSA) is 97.6 Å². The van der Waals surface area contributed by atoms with Gasteiger partial charge in [-0.05, 0) is 26.8 Å². The third kappa shape index (κ3) is 4.14. The Morgan fingerprint density at radius 2 is 2.00 bits per heavy atom. The van der Waals surface area contributed by atoms with Gasteiger partial charge in [0.05, 0.1) is 16.8 Å². The first-order valence-corrected chi connectivity index (χ1v) is 9.76. The Morgan fingerprint density at radius 1 is 1.32 bits per heavy atom. The van der Waals surface area contributed by atoms with Crippen LogP contribution in [0.15, 0.2) is 12.3 Å². The van der Waals surface area contributed by atoms with Crippen molar-refractivity contribution in [2.24, 2.45) is 7.05 Å². The number of ether oxygens (including phenoxy) is 1. The van der Waals surface area contributed by atoms with Crippen molar-refractivity contribution >= 4 is 23.9 Å². The molecule has 0 unspecified atom stereocenters. The average Bonchev–Trinajstić information content (AvgIpc) is 3.03. The molecular formula is C22H25N5O4. The Bertz CT molecular complexity index is 1120. The lowest BCUT2D eigenvalue weighted by Crippen LogP contribution is -2.44. The molecule has 0 aromatic carbocycles. The fourth-order valence-electron chi connectivity index (χ4n) is 3.29. The molecule has 1 aliphatic rings. The average molecular weight is 423 g/mol. The van der Waals surface area contributed by atoms with Crippen molar-refractivity contribution in [3.63, 3.8) is 0 Å². The first-order chi connectivity index (χ1) is 14.4. The minimum Gasteiger partial charge on any atom is -0.443 e. The summed E-state index contributed by atoms with van der Waals surface area (Å²) in [7, 11) is 3.37. The molecule has 0 fully saturated rings. The van der Waals surface area contributed by atoms with Gasteiger partial charge in [-0.1, -0.05) is 5.92 Å². The summed E-state index contributed by atoms with van der Waals surface area (Å²) in [6.45, 7) is 6.86. The maximum Gasteiger partial charge on any atom is 0.417 e. The predicted molar refractivity (Wildman–Crippen MR) is 114 cm³/mol. The van der Waals surface area contributed by atoms with Gasteiger partial charge in [0.25, 0.3) is 5.91 Å². The molecule has 9 nitrogen and oxygen atoms in total. The smallest absolute Gasteiger partial charge is 0.417 e. The Labute approximate surface area is 181 Å². The summed E-state index contributed by atoms with van der Waals surface area (Å²) in [4.78, 5) is 48.3. The molecule has 3 heterocycles. The molecule has 3 amide bonds. The molecule has 3 rings (SSSR count). The number of hydrogen-bond donors (Lipinski definition) is 0. The highest BCUT2D eigenvalue weighted by molar-refractivity contribution is 6.05. The van der Waals surface area contributed by atoms with E-state index in [-0.39, 0.29) is 18.4 Å². The minimum absolute atomic E-state index is 0.197. The summed E-state index contributed by atoms with van der Waals surface area (Å²) in [6, 6.07) is 1.66. The van der Waals surface area contributed by atoms with E-state index in [1.807, 2.05) is 4.57 Å². The van der Waals surface area contributed by atoms with Crippen molar-refractivity contribution in [2.45, 2.75) is 39.7 Å². The molecular weight excluding hydrogens is 398 g/mol. The lowest BCUT2D eigenvalue weighted by molar-refractivity contribution is -0.116. The molecule has 1 aliphatic heterocycles. The van der Waals surface area contributed by atoms with Crippen LogP contribution in [0.25, 0.3) is 11.4 Å². The van der Waals surface area contributed by atoms with Gasteiger partial charge < -0.3 is 9.30 Å². The normalized spacial score (nSPS) is 13.5. The van der Waals surface area contributed by atoms with E-state index in [0.717, 1.165) is 10.6 Å². The third-order valence-corrected chi connectivity index (χ3v) is 4.97. The van der Waals surface area contributed by atoms with Crippen molar-refractivity contribution in [2.75, 3.05) is 18.5 Å². The Balaban J connectivity index is 2.05. The maximum atomic E-state index is 13.0. The number of carbonyl (C=O) groups is 3. The number of carbonyl (C=O) groups excluding carboxylic acids is 3. The lowest BCUT2D eigenvalue weighted by Gasteiger charge is -2.28. The van der Waals surface area contributed by atoms with Crippen molar-refractivity contribution in [1.29, 1.82) is 0 Å². The molecule has 0 bridgehead atoms. The van der Waals surface area contributed by atoms with Gasteiger partial charge in [-0.2, -0.15) is 0 Å². The van der Waals surface area contributed by atoms with Crippen LogP contribution in [-0.4, -0.2) is 56.5 Å². The predicted octanol–water partition coefficient (Wildman–Crippen LogP) is 2.38. The fraction of sp³-hybridized carbons (Fsp3) is 0.409. The maximum absolute atomic E-state index is 13.0. The SMILES string of the molecule is C#Cc1cnc(N(C)C(C)=O)nc1-c1cc2c(n1C)CCN(C(=O)OC(C)(C)C)C2=O. The van der Waals surface area contributed by atoms with Gasteiger partial charge in [-0.25, -0.2) is 19.7 Å². The van der Waals surface area contributed by atoms with E-state index in [9.17, 15) is 14.4 Å². The molecule has 0 spiro atoms. The van der Waals surface area contributed by atoms with Gasteiger partial charge in [0, 0.05) is 45.9 Å². The highest BCUT2D eigenvalue weighted by Gasteiger charge is 2.35. The lowest BCUT2D eigenvalue weighted by atomic mass is 10.1. The second-order valence-electron chi connectivity index (χ2n) is 8.29. The number of imide groups is 1. The van der Waals surface area contributed by atoms with Crippen LogP contribution in [-0.2, 0) is 23.0 Å². The zero-order valence-electron chi connectivity index (χ0n) is 18.5. The van der Waals surface area contributed by atoms with Crippen LogP contribution in [0, 0.1) is 12.3 Å². The van der Waals surface area contributed by atoms with Crippen molar-refractivity contribution in [1.82, 2.24) is 19.4 Å². The van der Waals surface area contributed by atoms with E-state index >= 15 is 0 Å². The summed E-state index contributed by atoms with van der Waals surface area (Å²) < 4.78 is 7.19. The molecule has 0 atom stereocenters. The Hall–Kier alpha value is -3.67. The summed E-state index contributed by atoms with van der Waals surface area (Å²) in [5, 5.41) is 0. The van der Waals surface area contributed by atoms with E-state index in [2.05, 4.69) is 15.9 Å². The molecule has 31 heavy (non-hydrogen) atoms. The van der Waals surface area contributed by atoms with E-state index in [4.69, 9.17) is 11.2 Å². The number of amides is 3. The molecule has 0 radical (unpaired) electrons. The highest BCUT2D eigenvalue weighted by Crippen LogP contribution is 2.31. The quantitative estimate of drug-likeness (QED) is 0.688. The summed E-state index contributed by atoms with van der Waals surface area (Å²) in [5.74, 6) is 2.08. The number of anilines is 1. The fourth-order valence-corrected chi connectivity index (χ4v) is 3.29. The molecule has 0 saturated heterocycles. The molecule has 0 N–H and O–H groups in total. The van der Waals surface area contributed by atoms with Crippen molar-refractivity contribution < 1.29 is 19.1 Å². The van der Waals surface area contributed by atoms with Gasteiger partial charge in [-0.15, -0.1) is 6.42 Å². The molecule has 162 valence electrons. The number of fused-ring (bicyclic) bond motifs is 1. The molecule has 0 saturated carbocycles. The van der Waals surface area contributed by atoms with Gasteiger partial charge >= 0.3 is 6.09 Å². The van der Waals surface area contributed by atoms with Gasteiger partial charge in [0.1, 0.15) is 11.3 Å². The molecule has 2 aromatic heterocycles. The molecule has 9 heteroatoms. The monoisotopic (exact) mass is 423 g/mol. The Kier molecular flexibility index (Phi) is 5.59. The number of terminal acetylenes is 1. The first-order valence-electron chi connectivity index (χ1n) is 9.76. The van der Waals surface area contributed by atoms with Gasteiger partial charge in [0.15, 0.2) is 0 Å². The third-order valence-electron chi connectivity index (χ3n) is 4.97. The number of hydrogen-bond acceptors (Lipinski definition) is 6. The zero-order valence-corrected chi connectivity index (χ0v) is 18.5. The van der Waals surface area contributed by atoms with Crippen LogP contribution in [0.1, 0.15) is 49.3 Å².